The quantitative estimate of drug-likeness (QED) is 0.861. The summed E-state index contributed by atoms with van der Waals surface area (Å²) in [5.41, 5.74) is 0.420. The lowest BCUT2D eigenvalue weighted by molar-refractivity contribution is -0.0194. The normalized spacial score (nSPS) is 24.8. The van der Waals surface area contributed by atoms with Crippen LogP contribution < -0.4 is 10.6 Å². The molecule has 2 saturated heterocycles. The highest BCUT2D eigenvalue weighted by Crippen LogP contribution is 2.33. The number of carbonyl (C=O) groups is 1. The van der Waals surface area contributed by atoms with Gasteiger partial charge in [-0.2, -0.15) is 0 Å². The maximum absolute atomic E-state index is 12.8. The highest BCUT2D eigenvalue weighted by Gasteiger charge is 2.41. The van der Waals surface area contributed by atoms with Crippen LogP contribution in [0.2, 0.25) is 0 Å². The number of benzene rings is 1. The zero-order valence-corrected chi connectivity index (χ0v) is 11.3. The molecule has 0 aliphatic carbocycles. The molecule has 2 fully saturated rings. The van der Waals surface area contributed by atoms with Gasteiger partial charge in [0.2, 0.25) is 0 Å². The molecule has 0 saturated carbocycles. The van der Waals surface area contributed by atoms with Gasteiger partial charge in [-0.3, -0.25) is 4.79 Å². The zero-order valence-electron chi connectivity index (χ0n) is 11.3. The first kappa shape index (κ1) is 13.5. The highest BCUT2D eigenvalue weighted by molar-refractivity contribution is 5.94. The van der Waals surface area contributed by atoms with Crippen molar-refractivity contribution in [3.05, 3.63) is 35.6 Å². The molecule has 0 radical (unpaired) electrons. The second-order valence-electron chi connectivity index (χ2n) is 5.63. The van der Waals surface area contributed by atoms with E-state index in [0.717, 1.165) is 32.4 Å². The minimum absolute atomic E-state index is 0.0469. The van der Waals surface area contributed by atoms with Crippen LogP contribution in [0.3, 0.4) is 0 Å². The Morgan fingerprint density at radius 1 is 1.30 bits per heavy atom. The Hall–Kier alpha value is -1.46. The molecule has 2 aliphatic heterocycles. The molecule has 2 aliphatic rings. The summed E-state index contributed by atoms with van der Waals surface area (Å²) in [4.78, 5) is 12.1. The average Bonchev–Trinajstić information content (AvgIpc) is 2.83. The molecule has 1 amide bonds. The third kappa shape index (κ3) is 2.83. The molecule has 0 bridgehead atoms. The van der Waals surface area contributed by atoms with Gasteiger partial charge in [0.15, 0.2) is 0 Å². The van der Waals surface area contributed by atoms with E-state index in [2.05, 4.69) is 10.6 Å². The summed E-state index contributed by atoms with van der Waals surface area (Å²) >= 11 is 0. The molecule has 4 nitrogen and oxygen atoms in total. The molecule has 3 rings (SSSR count). The fourth-order valence-corrected chi connectivity index (χ4v) is 3.04. The van der Waals surface area contributed by atoms with Crippen molar-refractivity contribution in [1.82, 2.24) is 10.6 Å². The molecular formula is C15H19FN2O2. The summed E-state index contributed by atoms with van der Waals surface area (Å²) < 4.78 is 18.8. The lowest BCUT2D eigenvalue weighted by Gasteiger charge is -2.32. The monoisotopic (exact) mass is 278 g/mol. The van der Waals surface area contributed by atoms with Crippen LogP contribution in [0.1, 0.15) is 29.6 Å². The Labute approximate surface area is 117 Å². The molecule has 1 aromatic rings. The van der Waals surface area contributed by atoms with Gasteiger partial charge in [0, 0.05) is 5.56 Å². The van der Waals surface area contributed by atoms with Gasteiger partial charge in [-0.25, -0.2) is 4.39 Å². The van der Waals surface area contributed by atoms with Crippen LogP contribution in [0.4, 0.5) is 4.39 Å². The lowest BCUT2D eigenvalue weighted by atomic mass is 9.88. The van der Waals surface area contributed by atoms with E-state index in [9.17, 15) is 9.18 Å². The predicted octanol–water partition coefficient (Wildman–Crippen LogP) is 1.47. The van der Waals surface area contributed by atoms with Crippen LogP contribution >= 0.6 is 0 Å². The minimum Gasteiger partial charge on any atom is -0.373 e. The van der Waals surface area contributed by atoms with Crippen molar-refractivity contribution < 1.29 is 13.9 Å². The Morgan fingerprint density at radius 3 is 2.70 bits per heavy atom. The van der Waals surface area contributed by atoms with Crippen LogP contribution in [0, 0.1) is 5.82 Å². The summed E-state index contributed by atoms with van der Waals surface area (Å²) in [5.74, 6) is -0.496. The number of amides is 1. The Morgan fingerprint density at radius 2 is 2.00 bits per heavy atom. The summed E-state index contributed by atoms with van der Waals surface area (Å²) in [7, 11) is 0. The first-order chi connectivity index (χ1) is 9.67. The van der Waals surface area contributed by atoms with Crippen LogP contribution in [-0.2, 0) is 4.74 Å². The molecule has 20 heavy (non-hydrogen) atoms. The molecule has 1 unspecified atom stereocenters. The van der Waals surface area contributed by atoms with E-state index in [1.807, 2.05) is 0 Å². The maximum Gasteiger partial charge on any atom is 0.251 e. The average molecular weight is 278 g/mol. The number of nitrogens with one attached hydrogen (secondary N) is 2. The third-order valence-corrected chi connectivity index (χ3v) is 4.17. The second kappa shape index (κ2) is 5.50. The van der Waals surface area contributed by atoms with Crippen LogP contribution in [0.25, 0.3) is 0 Å². The largest absolute Gasteiger partial charge is 0.373 e. The topological polar surface area (TPSA) is 50.4 Å². The molecule has 2 N–H and O–H groups in total. The molecule has 2 heterocycles. The maximum atomic E-state index is 12.8. The standard InChI is InChI=1S/C15H19FN2O2/c16-12-3-1-11(2-4-12)14(19)18-13-9-15(20-10-13)5-7-17-8-6-15/h1-4,13,17H,5-10H2,(H,18,19). The lowest BCUT2D eigenvalue weighted by Crippen LogP contribution is -2.43. The molecule has 5 heteroatoms. The van der Waals surface area contributed by atoms with Crippen molar-refractivity contribution in [2.45, 2.75) is 30.9 Å². The van der Waals surface area contributed by atoms with Gasteiger partial charge in [0.1, 0.15) is 5.82 Å². The van der Waals surface area contributed by atoms with Crippen molar-refractivity contribution >= 4 is 5.91 Å². The number of carbonyl (C=O) groups excluding carboxylic acids is 1. The van der Waals surface area contributed by atoms with E-state index >= 15 is 0 Å². The van der Waals surface area contributed by atoms with Crippen molar-refractivity contribution in [3.8, 4) is 0 Å². The van der Waals surface area contributed by atoms with Crippen molar-refractivity contribution in [2.75, 3.05) is 19.7 Å². The van der Waals surface area contributed by atoms with Crippen molar-refractivity contribution in [1.29, 1.82) is 0 Å². The number of hydrogen-bond donors (Lipinski definition) is 2. The summed E-state index contributed by atoms with van der Waals surface area (Å²) in [6.07, 6.45) is 2.85. The summed E-state index contributed by atoms with van der Waals surface area (Å²) in [5, 5.41) is 6.30. The molecular weight excluding hydrogens is 259 g/mol. The first-order valence-electron chi connectivity index (χ1n) is 7.08. The smallest absolute Gasteiger partial charge is 0.251 e. The van der Waals surface area contributed by atoms with Crippen LogP contribution in [0.15, 0.2) is 24.3 Å². The molecule has 1 spiro atoms. The van der Waals surface area contributed by atoms with Gasteiger partial charge in [-0.05, 0) is 56.6 Å². The predicted molar refractivity (Wildman–Crippen MR) is 73.1 cm³/mol. The fraction of sp³-hybridized carbons (Fsp3) is 0.533. The van der Waals surface area contributed by atoms with Crippen molar-refractivity contribution in [3.63, 3.8) is 0 Å². The van der Waals surface area contributed by atoms with Gasteiger partial charge >= 0.3 is 0 Å². The Kier molecular flexibility index (Phi) is 3.72. The van der Waals surface area contributed by atoms with E-state index in [0.29, 0.717) is 12.2 Å². The molecule has 1 aromatic carbocycles. The number of rotatable bonds is 2. The summed E-state index contributed by atoms with van der Waals surface area (Å²) in [6, 6.07) is 5.65. The first-order valence-corrected chi connectivity index (χ1v) is 7.08. The number of hydrogen-bond acceptors (Lipinski definition) is 3. The van der Waals surface area contributed by atoms with Gasteiger partial charge in [0.25, 0.3) is 5.91 Å². The summed E-state index contributed by atoms with van der Waals surface area (Å²) in [6.45, 7) is 2.50. The number of ether oxygens (including phenoxy) is 1. The van der Waals surface area contributed by atoms with E-state index in [-0.39, 0.29) is 23.4 Å². The number of halogens is 1. The van der Waals surface area contributed by atoms with Gasteiger partial charge in [0.05, 0.1) is 18.2 Å². The van der Waals surface area contributed by atoms with Gasteiger partial charge in [-0.1, -0.05) is 0 Å². The number of piperidine rings is 1. The van der Waals surface area contributed by atoms with Crippen molar-refractivity contribution in [2.24, 2.45) is 0 Å². The fourth-order valence-electron chi connectivity index (χ4n) is 3.04. The van der Waals surface area contributed by atoms with Crippen LogP contribution in [0.5, 0.6) is 0 Å². The second-order valence-corrected chi connectivity index (χ2v) is 5.63. The Bertz CT molecular complexity index is 483. The molecule has 1 atom stereocenters. The van der Waals surface area contributed by atoms with E-state index in [1.165, 1.54) is 24.3 Å². The third-order valence-electron chi connectivity index (χ3n) is 4.17. The molecule has 108 valence electrons. The SMILES string of the molecule is O=C(NC1COC2(CCNCC2)C1)c1ccc(F)cc1. The van der Waals surface area contributed by atoms with Gasteiger partial charge in [-0.15, -0.1) is 0 Å². The van der Waals surface area contributed by atoms with E-state index in [4.69, 9.17) is 4.74 Å². The van der Waals surface area contributed by atoms with Crippen LogP contribution in [-0.4, -0.2) is 37.2 Å². The molecule has 0 aromatic heterocycles. The van der Waals surface area contributed by atoms with E-state index in [1.54, 1.807) is 0 Å². The van der Waals surface area contributed by atoms with E-state index < -0.39 is 0 Å². The zero-order chi connectivity index (χ0) is 14.0. The minimum atomic E-state index is -0.334. The Balaban J connectivity index is 1.59. The van der Waals surface area contributed by atoms with Gasteiger partial charge < -0.3 is 15.4 Å². The highest BCUT2D eigenvalue weighted by atomic mass is 19.1.